The van der Waals surface area contributed by atoms with Crippen molar-refractivity contribution in [2.24, 2.45) is 0 Å². The topological polar surface area (TPSA) is 77.5 Å². The van der Waals surface area contributed by atoms with Crippen LogP contribution < -0.4 is 0 Å². The molecule has 1 aromatic carbocycles. The maximum atomic E-state index is 11.7. The zero-order valence-corrected chi connectivity index (χ0v) is 10.8. The van der Waals surface area contributed by atoms with Crippen LogP contribution in [0, 0.1) is 6.92 Å². The van der Waals surface area contributed by atoms with Gasteiger partial charge in [-0.1, -0.05) is 17.7 Å². The summed E-state index contributed by atoms with van der Waals surface area (Å²) in [5, 5.41) is 0. The SMILES string of the molecule is Cc1ccc(S(=O)(=O)OC2CS(=O)(=O)C2)cc1. The molecule has 0 N–H and O–H groups in total. The van der Waals surface area contributed by atoms with Crippen LogP contribution in [-0.2, 0) is 24.1 Å². The van der Waals surface area contributed by atoms with E-state index in [1.165, 1.54) is 12.1 Å². The molecule has 1 heterocycles. The second-order valence-corrected chi connectivity index (χ2v) is 7.79. The van der Waals surface area contributed by atoms with E-state index in [9.17, 15) is 16.8 Å². The van der Waals surface area contributed by atoms with E-state index in [2.05, 4.69) is 0 Å². The maximum Gasteiger partial charge on any atom is 0.297 e. The van der Waals surface area contributed by atoms with Crippen molar-refractivity contribution in [2.75, 3.05) is 11.5 Å². The molecule has 0 unspecified atom stereocenters. The lowest BCUT2D eigenvalue weighted by Gasteiger charge is -2.24. The van der Waals surface area contributed by atoms with E-state index in [0.29, 0.717) is 0 Å². The van der Waals surface area contributed by atoms with E-state index >= 15 is 0 Å². The van der Waals surface area contributed by atoms with E-state index in [-0.39, 0.29) is 16.4 Å². The van der Waals surface area contributed by atoms with Gasteiger partial charge in [-0.3, -0.25) is 4.18 Å². The van der Waals surface area contributed by atoms with Gasteiger partial charge in [0.15, 0.2) is 9.84 Å². The molecule has 1 saturated heterocycles. The largest absolute Gasteiger partial charge is 0.297 e. The van der Waals surface area contributed by atoms with Crippen LogP contribution in [0.3, 0.4) is 0 Å². The Hall–Kier alpha value is -0.920. The minimum Gasteiger partial charge on any atom is -0.261 e. The lowest BCUT2D eigenvalue weighted by Crippen LogP contribution is -2.44. The van der Waals surface area contributed by atoms with Gasteiger partial charge in [0.05, 0.1) is 16.4 Å². The third-order valence-corrected chi connectivity index (χ3v) is 5.59. The molecule has 0 saturated carbocycles. The summed E-state index contributed by atoms with van der Waals surface area (Å²) in [4.78, 5) is 0.0485. The lowest BCUT2D eigenvalue weighted by atomic mass is 10.2. The van der Waals surface area contributed by atoms with Gasteiger partial charge in [0, 0.05) is 0 Å². The molecule has 7 heteroatoms. The molecular weight excluding hydrogens is 264 g/mol. The fourth-order valence-corrected chi connectivity index (χ4v) is 3.93. The molecule has 1 aliphatic heterocycles. The van der Waals surface area contributed by atoms with Crippen molar-refractivity contribution in [3.05, 3.63) is 29.8 Å². The highest BCUT2D eigenvalue weighted by Crippen LogP contribution is 2.21. The third-order valence-electron chi connectivity index (χ3n) is 2.45. The molecule has 5 nitrogen and oxygen atoms in total. The van der Waals surface area contributed by atoms with Crippen LogP contribution in [0.15, 0.2) is 29.2 Å². The molecule has 94 valence electrons. The highest BCUT2D eigenvalue weighted by molar-refractivity contribution is 7.93. The number of hydrogen-bond donors (Lipinski definition) is 0. The standard InChI is InChI=1S/C10H12O5S2/c1-8-2-4-10(5-3-8)17(13,14)15-9-6-16(11,12)7-9/h2-5,9H,6-7H2,1H3. The van der Waals surface area contributed by atoms with E-state index < -0.39 is 26.1 Å². The van der Waals surface area contributed by atoms with Gasteiger partial charge < -0.3 is 0 Å². The Balaban J connectivity index is 2.12. The van der Waals surface area contributed by atoms with E-state index in [0.717, 1.165) is 5.56 Å². The minimum atomic E-state index is -3.85. The highest BCUT2D eigenvalue weighted by atomic mass is 32.2. The monoisotopic (exact) mass is 276 g/mol. The first-order valence-electron chi connectivity index (χ1n) is 4.99. The van der Waals surface area contributed by atoms with Gasteiger partial charge in [-0.25, -0.2) is 8.42 Å². The molecule has 2 rings (SSSR count). The van der Waals surface area contributed by atoms with Crippen molar-refractivity contribution in [1.29, 1.82) is 0 Å². The second-order valence-electron chi connectivity index (χ2n) is 4.06. The van der Waals surface area contributed by atoms with Crippen LogP contribution in [-0.4, -0.2) is 34.4 Å². The van der Waals surface area contributed by atoms with Gasteiger partial charge in [-0.15, -0.1) is 0 Å². The summed E-state index contributed by atoms with van der Waals surface area (Å²) in [7, 11) is -6.93. The third kappa shape index (κ3) is 2.85. The predicted octanol–water partition coefficient (Wildman–Crippen LogP) is 0.497. The summed E-state index contributed by atoms with van der Waals surface area (Å²) in [5.74, 6) is -0.448. The molecule has 0 amide bonds. The van der Waals surface area contributed by atoms with E-state index in [1.807, 2.05) is 6.92 Å². The van der Waals surface area contributed by atoms with Crippen molar-refractivity contribution in [3.63, 3.8) is 0 Å². The van der Waals surface area contributed by atoms with Crippen molar-refractivity contribution in [3.8, 4) is 0 Å². The molecule has 0 aliphatic carbocycles. The van der Waals surface area contributed by atoms with Crippen LogP contribution in [0.4, 0.5) is 0 Å². The average molecular weight is 276 g/mol. The molecule has 17 heavy (non-hydrogen) atoms. The molecule has 1 fully saturated rings. The average Bonchev–Trinajstić information content (AvgIpc) is 2.14. The summed E-state index contributed by atoms with van der Waals surface area (Å²) in [6.45, 7) is 1.84. The summed E-state index contributed by atoms with van der Waals surface area (Å²) in [6, 6.07) is 6.21. The predicted molar refractivity (Wildman–Crippen MR) is 61.9 cm³/mol. The molecule has 0 atom stereocenters. The Morgan fingerprint density at radius 1 is 1.18 bits per heavy atom. The summed E-state index contributed by atoms with van der Waals surface area (Å²) >= 11 is 0. The Kier molecular flexibility index (Phi) is 3.01. The van der Waals surface area contributed by atoms with Gasteiger partial charge in [0.2, 0.25) is 0 Å². The first-order valence-corrected chi connectivity index (χ1v) is 8.22. The lowest BCUT2D eigenvalue weighted by molar-refractivity contribution is 0.237. The fraction of sp³-hybridized carbons (Fsp3) is 0.400. The molecule has 0 bridgehead atoms. The zero-order valence-electron chi connectivity index (χ0n) is 9.16. The van der Waals surface area contributed by atoms with E-state index in [1.54, 1.807) is 12.1 Å². The Bertz CT molecular complexity index is 601. The van der Waals surface area contributed by atoms with Crippen LogP contribution >= 0.6 is 0 Å². The number of sulfone groups is 1. The van der Waals surface area contributed by atoms with Crippen molar-refractivity contribution in [2.45, 2.75) is 17.9 Å². The van der Waals surface area contributed by atoms with Crippen LogP contribution in [0.1, 0.15) is 5.56 Å². The molecule has 0 radical (unpaired) electrons. The number of rotatable bonds is 3. The van der Waals surface area contributed by atoms with Gasteiger partial charge in [-0.2, -0.15) is 8.42 Å². The van der Waals surface area contributed by atoms with Gasteiger partial charge in [0.1, 0.15) is 6.10 Å². The van der Waals surface area contributed by atoms with E-state index in [4.69, 9.17) is 4.18 Å². The molecule has 1 aliphatic rings. The normalized spacial score (nSPS) is 19.8. The first kappa shape index (κ1) is 12.5. The molecule has 0 spiro atoms. The Morgan fingerprint density at radius 3 is 2.18 bits per heavy atom. The molecular formula is C10H12O5S2. The highest BCUT2D eigenvalue weighted by Gasteiger charge is 2.38. The number of benzene rings is 1. The van der Waals surface area contributed by atoms with Gasteiger partial charge in [0.25, 0.3) is 10.1 Å². The van der Waals surface area contributed by atoms with Crippen molar-refractivity contribution < 1.29 is 21.0 Å². The molecule has 0 aromatic heterocycles. The minimum absolute atomic E-state index is 0.0485. The smallest absolute Gasteiger partial charge is 0.261 e. The Morgan fingerprint density at radius 2 is 1.71 bits per heavy atom. The van der Waals surface area contributed by atoms with Crippen molar-refractivity contribution in [1.82, 2.24) is 0 Å². The summed E-state index contributed by atoms with van der Waals surface area (Å²) < 4.78 is 50.1. The maximum absolute atomic E-state index is 11.7. The van der Waals surface area contributed by atoms with Crippen LogP contribution in [0.5, 0.6) is 0 Å². The Labute approximate surface area is 100 Å². The quantitative estimate of drug-likeness (QED) is 0.751. The second kappa shape index (κ2) is 4.08. The summed E-state index contributed by atoms with van der Waals surface area (Å²) in [6.07, 6.45) is -0.744. The van der Waals surface area contributed by atoms with Crippen molar-refractivity contribution >= 4 is 20.0 Å². The number of hydrogen-bond acceptors (Lipinski definition) is 5. The number of aryl methyl sites for hydroxylation is 1. The molecule has 1 aromatic rings. The van der Waals surface area contributed by atoms with Crippen LogP contribution in [0.2, 0.25) is 0 Å². The van der Waals surface area contributed by atoms with Gasteiger partial charge >= 0.3 is 0 Å². The first-order chi connectivity index (χ1) is 7.78. The fourth-order valence-electron chi connectivity index (χ4n) is 1.51. The van der Waals surface area contributed by atoms with Crippen LogP contribution in [0.25, 0.3) is 0 Å². The summed E-state index contributed by atoms with van der Waals surface area (Å²) in [5.41, 5.74) is 0.940. The van der Waals surface area contributed by atoms with Gasteiger partial charge in [-0.05, 0) is 19.1 Å². The zero-order chi connectivity index (χ0) is 12.7.